The van der Waals surface area contributed by atoms with Gasteiger partial charge in [-0.15, -0.1) is 24.8 Å². The summed E-state index contributed by atoms with van der Waals surface area (Å²) in [5.74, 6) is -1.21. The molecule has 0 bridgehead atoms. The normalized spacial score (nSPS) is 12.8. The predicted molar refractivity (Wildman–Crippen MR) is 144 cm³/mol. The zero-order valence-corrected chi connectivity index (χ0v) is 23.8. The lowest BCUT2D eigenvalue weighted by molar-refractivity contribution is -0.434. The van der Waals surface area contributed by atoms with E-state index >= 15 is 0 Å². The molecule has 6 N–H and O–H groups in total. The minimum absolute atomic E-state index is 0.134. The highest BCUT2D eigenvalue weighted by Crippen LogP contribution is 2.39. The van der Waals surface area contributed by atoms with Gasteiger partial charge < -0.3 is 10.8 Å². The first kappa shape index (κ1) is 32.9. The van der Waals surface area contributed by atoms with Crippen LogP contribution in [0, 0.1) is 0 Å². The number of azo groups is 2. The van der Waals surface area contributed by atoms with Gasteiger partial charge >= 0.3 is 0 Å². The molecular weight excluding hydrogens is 647 g/mol. The summed E-state index contributed by atoms with van der Waals surface area (Å²) < 4.78 is 99.8. The first-order valence-corrected chi connectivity index (χ1v) is 16.0. The van der Waals surface area contributed by atoms with E-state index in [2.05, 4.69) is 34.0 Å². The molecule has 0 aliphatic rings. The van der Waals surface area contributed by atoms with E-state index in [9.17, 15) is 39.5 Å². The SMILES string of the molecule is Nc1cc(O)c(/N=N/c2ccc(S(=O)(=O)CCOSOOO)cc2S(=O)(=O)O)cc1/N=N/c1ccccc1S(=O)(=O)O. The standard InChI is InChI=1S/C20H19N5O13S4/c21-13-10-18(26)17(11-16(13)24-22-14-3-1-2-4-19(14)41(30,31)32)25-23-15-6-5-12(9-20(15)42(33,34)35)40(28,29)8-7-36-39-38-37-27/h1-6,9-11,26-27H,7-8,21H2,(H,30,31,32)(H,33,34,35)/b24-22+,25-23+. The molecule has 22 heteroatoms. The number of rotatable bonds is 13. The zero-order chi connectivity index (χ0) is 31.1. The van der Waals surface area contributed by atoms with Crippen molar-refractivity contribution in [2.24, 2.45) is 20.5 Å². The van der Waals surface area contributed by atoms with Crippen LogP contribution in [-0.2, 0) is 43.6 Å². The van der Waals surface area contributed by atoms with Gasteiger partial charge in [0.05, 0.1) is 22.9 Å². The molecule has 0 spiro atoms. The lowest BCUT2D eigenvalue weighted by Gasteiger charge is -2.08. The van der Waals surface area contributed by atoms with E-state index in [0.717, 1.165) is 30.3 Å². The summed E-state index contributed by atoms with van der Waals surface area (Å²) in [6, 6.07) is 9.71. The number of benzene rings is 3. The smallest absolute Gasteiger partial charge is 0.296 e. The lowest BCUT2D eigenvalue weighted by atomic mass is 10.2. The van der Waals surface area contributed by atoms with Crippen molar-refractivity contribution >= 4 is 70.8 Å². The monoisotopic (exact) mass is 665 g/mol. The van der Waals surface area contributed by atoms with Gasteiger partial charge in [0.2, 0.25) is 0 Å². The Hall–Kier alpha value is -3.58. The molecule has 0 atom stereocenters. The Bertz CT molecular complexity index is 1850. The number of phenolic OH excluding ortho intramolecular Hbond substituents is 1. The van der Waals surface area contributed by atoms with Gasteiger partial charge in [-0.3, -0.25) is 13.3 Å². The highest BCUT2D eigenvalue weighted by Gasteiger charge is 2.22. The third-order valence-electron chi connectivity index (χ3n) is 4.91. The third-order valence-corrected chi connectivity index (χ3v) is 8.75. The van der Waals surface area contributed by atoms with Crippen molar-refractivity contribution in [1.29, 1.82) is 0 Å². The van der Waals surface area contributed by atoms with Gasteiger partial charge in [0.15, 0.2) is 22.2 Å². The van der Waals surface area contributed by atoms with Gasteiger partial charge in [-0.1, -0.05) is 17.2 Å². The number of nitrogens with two attached hydrogens (primary N) is 1. The van der Waals surface area contributed by atoms with Crippen LogP contribution in [0.4, 0.5) is 28.4 Å². The van der Waals surface area contributed by atoms with Gasteiger partial charge in [-0.25, -0.2) is 13.7 Å². The van der Waals surface area contributed by atoms with Crippen molar-refractivity contribution in [3.8, 4) is 5.75 Å². The molecule has 0 saturated heterocycles. The summed E-state index contributed by atoms with van der Waals surface area (Å²) in [7, 11) is -13.8. The van der Waals surface area contributed by atoms with Crippen LogP contribution in [0.5, 0.6) is 5.75 Å². The van der Waals surface area contributed by atoms with E-state index in [1.165, 1.54) is 18.2 Å². The lowest BCUT2D eigenvalue weighted by Crippen LogP contribution is -2.12. The summed E-state index contributed by atoms with van der Waals surface area (Å²) in [6.45, 7) is -0.462. The van der Waals surface area contributed by atoms with Gasteiger partial charge in [-0.2, -0.15) is 16.8 Å². The first-order valence-electron chi connectivity index (χ1n) is 10.8. The van der Waals surface area contributed by atoms with Crippen molar-refractivity contribution in [2.45, 2.75) is 14.7 Å². The number of nitrogen functional groups attached to an aromatic ring is 1. The van der Waals surface area contributed by atoms with Crippen LogP contribution in [0.15, 0.2) is 89.7 Å². The molecule has 0 amide bonds. The maximum absolute atomic E-state index is 12.5. The summed E-state index contributed by atoms with van der Waals surface area (Å²) in [5.41, 5.74) is 4.47. The molecule has 226 valence electrons. The topological polar surface area (TPSA) is 286 Å². The van der Waals surface area contributed by atoms with E-state index in [1.54, 1.807) is 0 Å². The van der Waals surface area contributed by atoms with Crippen molar-refractivity contribution < 1.29 is 58.3 Å². The maximum atomic E-state index is 12.5. The van der Waals surface area contributed by atoms with E-state index in [0.29, 0.717) is 6.07 Å². The van der Waals surface area contributed by atoms with Gasteiger partial charge in [0.1, 0.15) is 38.3 Å². The first-order chi connectivity index (χ1) is 19.6. The molecule has 0 saturated carbocycles. The van der Waals surface area contributed by atoms with Crippen molar-refractivity contribution in [1.82, 2.24) is 0 Å². The third kappa shape index (κ3) is 8.71. The summed E-state index contributed by atoms with van der Waals surface area (Å²) in [6.07, 6.45) is 0. The Morgan fingerprint density at radius 2 is 1.36 bits per heavy atom. The molecule has 0 fully saturated rings. The van der Waals surface area contributed by atoms with Crippen molar-refractivity contribution in [3.05, 3.63) is 54.6 Å². The average Bonchev–Trinajstić information content (AvgIpc) is 2.91. The Morgan fingerprint density at radius 1 is 0.762 bits per heavy atom. The molecule has 0 unspecified atom stereocenters. The van der Waals surface area contributed by atoms with E-state index < -0.39 is 68.6 Å². The summed E-state index contributed by atoms with van der Waals surface area (Å²) >= 11 is 0.135. The summed E-state index contributed by atoms with van der Waals surface area (Å²) in [5, 5.41) is 36.5. The van der Waals surface area contributed by atoms with Crippen LogP contribution >= 0.6 is 12.3 Å². The minimum Gasteiger partial charge on any atom is -0.506 e. The fourth-order valence-electron chi connectivity index (χ4n) is 3.03. The second-order valence-corrected chi connectivity index (χ2v) is 13.1. The molecule has 0 radical (unpaired) electrons. The van der Waals surface area contributed by atoms with Crippen molar-refractivity contribution in [2.75, 3.05) is 18.1 Å². The maximum Gasteiger partial charge on any atom is 0.296 e. The highest BCUT2D eigenvalue weighted by atomic mass is 32.2. The molecule has 42 heavy (non-hydrogen) atoms. The number of hydrogen-bond donors (Lipinski definition) is 5. The van der Waals surface area contributed by atoms with Gasteiger partial charge in [0, 0.05) is 6.07 Å². The van der Waals surface area contributed by atoms with Crippen LogP contribution in [-0.4, -0.2) is 57.1 Å². The Labute approximate surface area is 242 Å². The largest absolute Gasteiger partial charge is 0.506 e. The van der Waals surface area contributed by atoms with E-state index in [1.807, 2.05) is 0 Å². The van der Waals surface area contributed by atoms with Crippen LogP contribution < -0.4 is 5.73 Å². The second-order valence-electron chi connectivity index (χ2n) is 7.70. The summed E-state index contributed by atoms with van der Waals surface area (Å²) in [4.78, 5) is -1.99. The molecule has 0 aromatic heterocycles. The van der Waals surface area contributed by atoms with Gasteiger partial charge in [-0.05, 0) is 36.4 Å². The van der Waals surface area contributed by atoms with Gasteiger partial charge in [0.25, 0.3) is 20.2 Å². The minimum atomic E-state index is -5.04. The molecule has 0 aliphatic heterocycles. The van der Waals surface area contributed by atoms with Crippen molar-refractivity contribution in [3.63, 3.8) is 0 Å². The van der Waals surface area contributed by atoms with Crippen LogP contribution in [0.3, 0.4) is 0 Å². The molecule has 3 rings (SSSR count). The molecule has 3 aromatic carbocycles. The van der Waals surface area contributed by atoms with Crippen LogP contribution in [0.2, 0.25) is 0 Å². The quantitative estimate of drug-likeness (QED) is 0.0327. The highest BCUT2D eigenvalue weighted by molar-refractivity contribution is 7.91. The Kier molecular flexibility index (Phi) is 10.7. The number of hydrogen-bond acceptors (Lipinski definition) is 17. The number of sulfone groups is 1. The fraction of sp³-hybridized carbons (Fsp3) is 0.100. The molecule has 0 aliphatic carbocycles. The van der Waals surface area contributed by atoms with Crippen LogP contribution in [0.25, 0.3) is 0 Å². The Morgan fingerprint density at radius 3 is 2.00 bits per heavy atom. The van der Waals surface area contributed by atoms with E-state index in [4.69, 9.17) is 11.0 Å². The molecule has 18 nitrogen and oxygen atoms in total. The fourth-order valence-corrected chi connectivity index (χ4v) is 5.81. The van der Waals surface area contributed by atoms with Crippen LogP contribution in [0.1, 0.15) is 0 Å². The predicted octanol–water partition coefficient (Wildman–Crippen LogP) is 4.07. The molecule has 3 aromatic rings. The number of aromatic hydroxyl groups is 1. The second kappa shape index (κ2) is 13.6. The number of nitrogens with zero attached hydrogens (tertiary/aromatic N) is 4. The number of phenols is 1. The Balaban J connectivity index is 1.94. The van der Waals surface area contributed by atoms with E-state index in [-0.39, 0.29) is 35.1 Å². The molecule has 0 heterocycles. The zero-order valence-electron chi connectivity index (χ0n) is 20.6. The molecular formula is C20H19N5O13S4. The number of anilines is 1. The average molecular weight is 666 g/mol.